The van der Waals surface area contributed by atoms with Gasteiger partial charge in [0.2, 0.25) is 0 Å². The first-order chi connectivity index (χ1) is 8.50. The van der Waals surface area contributed by atoms with Gasteiger partial charge in [0, 0.05) is 12.0 Å². The number of rotatable bonds is 4. The lowest BCUT2D eigenvalue weighted by Gasteiger charge is -2.12. The molecule has 0 atom stereocenters. The van der Waals surface area contributed by atoms with Gasteiger partial charge in [0.25, 0.3) is 0 Å². The predicted octanol–water partition coefficient (Wildman–Crippen LogP) is 2.59. The van der Waals surface area contributed by atoms with Gasteiger partial charge in [0.05, 0.1) is 5.30 Å². The Kier molecular flexibility index (Phi) is 5.62. The molecule has 0 aromatic heterocycles. The molecule has 3 nitrogen and oxygen atoms in total. The van der Waals surface area contributed by atoms with Crippen LogP contribution in [0.5, 0.6) is 0 Å². The van der Waals surface area contributed by atoms with Crippen LogP contribution in [-0.4, -0.2) is 9.79 Å². The molecule has 2 N–H and O–H groups in total. The first kappa shape index (κ1) is 15.0. The van der Waals surface area contributed by atoms with Crippen LogP contribution in [-0.2, 0) is 11.0 Å². The highest BCUT2D eigenvalue weighted by molar-refractivity contribution is 7.60. The van der Waals surface area contributed by atoms with Gasteiger partial charge in [-0.1, -0.05) is 38.2 Å². The summed E-state index contributed by atoms with van der Waals surface area (Å²) in [5.41, 5.74) is 1.44. The summed E-state index contributed by atoms with van der Waals surface area (Å²) >= 11 is 0. The van der Waals surface area contributed by atoms with Crippen molar-refractivity contribution in [2.24, 2.45) is 0 Å². The molecule has 1 aromatic carbocycles. The van der Waals surface area contributed by atoms with Crippen LogP contribution in [0.25, 0.3) is 0 Å². The van der Waals surface area contributed by atoms with E-state index in [-0.39, 0.29) is 5.30 Å². The minimum absolute atomic E-state index is 0.124. The lowest BCUT2D eigenvalue weighted by atomic mass is 10.0. The molecule has 0 saturated carbocycles. The molecule has 1 rings (SSSR count). The summed E-state index contributed by atoms with van der Waals surface area (Å²) in [6, 6.07) is 4.99. The molecule has 0 aliphatic heterocycles. The van der Waals surface area contributed by atoms with Crippen LogP contribution in [0.4, 0.5) is 0 Å². The van der Waals surface area contributed by atoms with Crippen molar-refractivity contribution in [1.82, 2.24) is 0 Å². The molecule has 0 aliphatic carbocycles. The number of hydrogen-bond acceptors (Lipinski definition) is 1. The molecule has 0 heterocycles. The highest BCUT2D eigenvalue weighted by atomic mass is 31.2. The summed E-state index contributed by atoms with van der Waals surface area (Å²) in [5, 5.41) is 0.124. The second-order valence-corrected chi connectivity index (χ2v) is 5.68. The van der Waals surface area contributed by atoms with Gasteiger partial charge in [-0.2, -0.15) is 0 Å². The monoisotopic (exact) mass is 266 g/mol. The van der Waals surface area contributed by atoms with E-state index < -0.39 is 7.60 Å². The Hall–Kier alpha value is -1.07. The van der Waals surface area contributed by atoms with Crippen molar-refractivity contribution in [3.05, 3.63) is 29.3 Å². The maximum atomic E-state index is 11.5. The van der Waals surface area contributed by atoms with E-state index in [0.29, 0.717) is 12.0 Å². The zero-order valence-electron chi connectivity index (χ0n) is 10.8. The van der Waals surface area contributed by atoms with Crippen molar-refractivity contribution in [1.29, 1.82) is 0 Å². The van der Waals surface area contributed by atoms with Crippen LogP contribution in [0.1, 0.15) is 44.2 Å². The van der Waals surface area contributed by atoms with Gasteiger partial charge in [-0.15, -0.1) is 0 Å². The summed E-state index contributed by atoms with van der Waals surface area (Å²) in [6.07, 6.45) is 3.27. The maximum Gasteiger partial charge on any atom is 0.356 e. The molecular formula is C14H19O3P. The summed E-state index contributed by atoms with van der Waals surface area (Å²) in [7, 11) is -4.22. The highest BCUT2D eigenvalue weighted by Crippen LogP contribution is 2.35. The van der Waals surface area contributed by atoms with Crippen molar-refractivity contribution >= 4 is 12.9 Å². The Bertz CT molecular complexity index is 506. The summed E-state index contributed by atoms with van der Waals surface area (Å²) in [5.74, 6) is 5.95. The maximum absolute atomic E-state index is 11.5. The van der Waals surface area contributed by atoms with E-state index in [0.717, 1.165) is 24.8 Å². The van der Waals surface area contributed by atoms with Crippen molar-refractivity contribution in [3.8, 4) is 11.8 Å². The van der Waals surface area contributed by atoms with Crippen LogP contribution >= 0.6 is 7.60 Å². The van der Waals surface area contributed by atoms with Crippen molar-refractivity contribution in [2.75, 3.05) is 0 Å². The minimum atomic E-state index is -4.22. The van der Waals surface area contributed by atoms with E-state index in [4.69, 9.17) is 0 Å². The molecule has 0 spiro atoms. The van der Waals surface area contributed by atoms with Gasteiger partial charge in [-0.05, 0) is 30.5 Å². The van der Waals surface area contributed by atoms with Gasteiger partial charge < -0.3 is 9.79 Å². The normalized spacial score (nSPS) is 10.9. The fraction of sp³-hybridized carbons (Fsp3) is 0.429. The van der Waals surface area contributed by atoms with Gasteiger partial charge in [-0.3, -0.25) is 4.57 Å². The zero-order chi connectivity index (χ0) is 13.6. The Balaban J connectivity index is 3.30. The third-order valence-electron chi connectivity index (χ3n) is 2.65. The molecule has 98 valence electrons. The standard InChI is InChI=1S/C14H19O3P/c1-3-5-8-12-9-7-11-14(18(15,16)17)13(12)10-6-4-2/h7,9,11H,3-4,6,10H2,1-2H3,(H2,15,16,17). The zero-order valence-corrected chi connectivity index (χ0v) is 11.7. The Morgan fingerprint density at radius 2 is 2.00 bits per heavy atom. The highest BCUT2D eigenvalue weighted by Gasteiger charge is 2.22. The molecule has 0 aliphatic rings. The summed E-state index contributed by atoms with van der Waals surface area (Å²) < 4.78 is 11.5. The molecule has 0 radical (unpaired) electrons. The molecule has 0 unspecified atom stereocenters. The minimum Gasteiger partial charge on any atom is -0.321 e. The fourth-order valence-corrected chi connectivity index (χ4v) is 2.63. The number of hydrogen-bond donors (Lipinski definition) is 2. The summed E-state index contributed by atoms with van der Waals surface area (Å²) in [4.78, 5) is 18.8. The van der Waals surface area contributed by atoms with Crippen LogP contribution in [0.3, 0.4) is 0 Å². The average Bonchev–Trinajstić information content (AvgIpc) is 2.32. The Morgan fingerprint density at radius 1 is 1.28 bits per heavy atom. The fourth-order valence-electron chi connectivity index (χ4n) is 1.76. The molecule has 0 amide bonds. The third kappa shape index (κ3) is 3.99. The van der Waals surface area contributed by atoms with E-state index in [1.807, 2.05) is 13.0 Å². The van der Waals surface area contributed by atoms with Gasteiger partial charge in [-0.25, -0.2) is 0 Å². The molecule has 0 fully saturated rings. The SMILES string of the molecule is CCC#Cc1cccc(P(=O)(O)O)c1CCCC. The van der Waals surface area contributed by atoms with Crippen molar-refractivity contribution in [2.45, 2.75) is 39.5 Å². The quantitative estimate of drug-likeness (QED) is 0.650. The predicted molar refractivity (Wildman–Crippen MR) is 73.9 cm³/mol. The van der Waals surface area contributed by atoms with Crippen LogP contribution in [0.15, 0.2) is 18.2 Å². The van der Waals surface area contributed by atoms with Crippen LogP contribution < -0.4 is 5.30 Å². The lowest BCUT2D eigenvalue weighted by Crippen LogP contribution is -2.13. The average molecular weight is 266 g/mol. The Labute approximate surface area is 108 Å². The Morgan fingerprint density at radius 3 is 2.56 bits per heavy atom. The van der Waals surface area contributed by atoms with E-state index in [1.165, 1.54) is 6.07 Å². The van der Waals surface area contributed by atoms with Gasteiger partial charge in [0.1, 0.15) is 0 Å². The first-order valence-electron chi connectivity index (χ1n) is 6.17. The van der Waals surface area contributed by atoms with Gasteiger partial charge in [0.15, 0.2) is 0 Å². The van der Waals surface area contributed by atoms with Crippen molar-refractivity contribution in [3.63, 3.8) is 0 Å². The van der Waals surface area contributed by atoms with Crippen molar-refractivity contribution < 1.29 is 14.4 Å². The molecule has 4 heteroatoms. The number of unbranched alkanes of at least 4 members (excludes halogenated alkanes) is 1. The molecule has 0 saturated heterocycles. The van der Waals surface area contributed by atoms with E-state index in [9.17, 15) is 14.4 Å². The second kappa shape index (κ2) is 6.75. The van der Waals surface area contributed by atoms with Gasteiger partial charge >= 0.3 is 7.60 Å². The topological polar surface area (TPSA) is 57.5 Å². The van der Waals surface area contributed by atoms with Crippen LogP contribution in [0, 0.1) is 11.8 Å². The molecule has 18 heavy (non-hydrogen) atoms. The lowest BCUT2D eigenvalue weighted by molar-refractivity contribution is 0.387. The first-order valence-corrected chi connectivity index (χ1v) is 7.78. The van der Waals surface area contributed by atoms with Crippen LogP contribution in [0.2, 0.25) is 0 Å². The molecular weight excluding hydrogens is 247 g/mol. The second-order valence-electron chi connectivity index (χ2n) is 4.11. The number of benzene rings is 1. The van der Waals surface area contributed by atoms with E-state index in [1.54, 1.807) is 6.07 Å². The third-order valence-corrected chi connectivity index (χ3v) is 3.69. The van der Waals surface area contributed by atoms with E-state index in [2.05, 4.69) is 18.8 Å². The molecule has 1 aromatic rings. The molecule has 0 bridgehead atoms. The van der Waals surface area contributed by atoms with E-state index >= 15 is 0 Å². The largest absolute Gasteiger partial charge is 0.356 e. The smallest absolute Gasteiger partial charge is 0.321 e. The summed E-state index contributed by atoms with van der Waals surface area (Å²) in [6.45, 7) is 4.00.